The fourth-order valence-corrected chi connectivity index (χ4v) is 4.17. The third-order valence-electron chi connectivity index (χ3n) is 2.71. The van der Waals surface area contributed by atoms with Crippen molar-refractivity contribution in [1.29, 1.82) is 0 Å². The van der Waals surface area contributed by atoms with Gasteiger partial charge in [0.15, 0.2) is 0 Å². The predicted molar refractivity (Wildman–Crippen MR) is 90.7 cm³/mol. The molecule has 1 rings (SSSR count). The summed E-state index contributed by atoms with van der Waals surface area (Å²) >= 11 is 10.8. The van der Waals surface area contributed by atoms with Gasteiger partial charge in [-0.15, -0.1) is 0 Å². The molecule has 5 nitrogen and oxygen atoms in total. The standard InChI is InChI=1S/C12H17ClN2O3S3/c1-8(5-6-20(2)16)15-21(17,18)9-3-4-10(12(14)19)11(13)7-9/h3-4,7-8,15H,5-6H2,1-2H3,(H2,14,19). The van der Waals surface area contributed by atoms with E-state index in [1.165, 1.54) is 18.2 Å². The van der Waals surface area contributed by atoms with Crippen LogP contribution in [0.2, 0.25) is 5.02 Å². The molecule has 0 saturated carbocycles. The van der Waals surface area contributed by atoms with E-state index in [0.717, 1.165) is 0 Å². The van der Waals surface area contributed by atoms with Crippen LogP contribution in [0, 0.1) is 0 Å². The van der Waals surface area contributed by atoms with E-state index in [0.29, 0.717) is 17.7 Å². The average Bonchev–Trinajstić information content (AvgIpc) is 2.35. The largest absolute Gasteiger partial charge is 0.389 e. The van der Waals surface area contributed by atoms with Crippen molar-refractivity contribution in [3.05, 3.63) is 28.8 Å². The molecule has 0 aliphatic carbocycles. The van der Waals surface area contributed by atoms with Crippen molar-refractivity contribution in [2.24, 2.45) is 5.73 Å². The van der Waals surface area contributed by atoms with E-state index in [2.05, 4.69) is 4.72 Å². The van der Waals surface area contributed by atoms with Crippen LogP contribution in [0.1, 0.15) is 18.9 Å². The summed E-state index contributed by atoms with van der Waals surface area (Å²) in [6, 6.07) is 3.86. The number of hydrogen-bond acceptors (Lipinski definition) is 4. The third-order valence-corrected chi connectivity index (χ3v) is 5.64. The highest BCUT2D eigenvalue weighted by atomic mass is 35.5. The second kappa shape index (κ2) is 7.64. The second-order valence-electron chi connectivity index (χ2n) is 4.59. The Labute approximate surface area is 137 Å². The zero-order chi connectivity index (χ0) is 16.2. The van der Waals surface area contributed by atoms with Gasteiger partial charge < -0.3 is 5.73 Å². The van der Waals surface area contributed by atoms with Gasteiger partial charge >= 0.3 is 0 Å². The van der Waals surface area contributed by atoms with Gasteiger partial charge in [-0.3, -0.25) is 4.21 Å². The first-order valence-electron chi connectivity index (χ1n) is 6.05. The van der Waals surface area contributed by atoms with Gasteiger partial charge in [0.25, 0.3) is 0 Å². The summed E-state index contributed by atoms with van der Waals surface area (Å²) in [7, 11) is -4.65. The highest BCUT2D eigenvalue weighted by Gasteiger charge is 2.19. The van der Waals surface area contributed by atoms with Crippen molar-refractivity contribution in [3.63, 3.8) is 0 Å². The molecule has 2 atom stereocenters. The van der Waals surface area contributed by atoms with E-state index in [9.17, 15) is 12.6 Å². The van der Waals surface area contributed by atoms with Crippen LogP contribution in [0.25, 0.3) is 0 Å². The molecule has 0 amide bonds. The van der Waals surface area contributed by atoms with E-state index in [1.807, 2.05) is 0 Å². The number of rotatable bonds is 7. The normalized spacial score (nSPS) is 14.6. The molecule has 2 unspecified atom stereocenters. The van der Waals surface area contributed by atoms with Crippen LogP contribution >= 0.6 is 23.8 Å². The number of hydrogen-bond donors (Lipinski definition) is 2. The molecular formula is C12H17ClN2O3S3. The summed E-state index contributed by atoms with van der Waals surface area (Å²) in [4.78, 5) is 0.146. The quantitative estimate of drug-likeness (QED) is 0.710. The first-order chi connectivity index (χ1) is 9.63. The van der Waals surface area contributed by atoms with Gasteiger partial charge in [0, 0.05) is 34.4 Å². The minimum absolute atomic E-state index is 0.0389. The summed E-state index contributed by atoms with van der Waals surface area (Å²) in [6.45, 7) is 1.72. The summed E-state index contributed by atoms with van der Waals surface area (Å²) < 4.78 is 38.0. The molecule has 118 valence electrons. The topological polar surface area (TPSA) is 89.3 Å². The smallest absolute Gasteiger partial charge is 0.240 e. The number of thiocarbonyl (C=S) groups is 1. The molecule has 0 aliphatic heterocycles. The molecule has 3 N–H and O–H groups in total. The molecule has 0 radical (unpaired) electrons. The third kappa shape index (κ3) is 5.63. The number of nitrogens with one attached hydrogen (secondary N) is 1. The van der Waals surface area contributed by atoms with Crippen LogP contribution in [-0.4, -0.2) is 35.7 Å². The first-order valence-corrected chi connectivity index (χ1v) is 10.0. The highest BCUT2D eigenvalue weighted by molar-refractivity contribution is 7.89. The first kappa shape index (κ1) is 18.5. The van der Waals surface area contributed by atoms with Crippen molar-refractivity contribution < 1.29 is 12.6 Å². The summed E-state index contributed by atoms with van der Waals surface area (Å²) in [6.07, 6.45) is 2.07. The molecule has 0 bridgehead atoms. The van der Waals surface area contributed by atoms with Crippen LogP contribution in [-0.2, 0) is 20.8 Å². The van der Waals surface area contributed by atoms with E-state index in [1.54, 1.807) is 13.2 Å². The van der Waals surface area contributed by atoms with Gasteiger partial charge in [-0.05, 0) is 31.5 Å². The number of halogens is 1. The lowest BCUT2D eigenvalue weighted by molar-refractivity contribution is 0.556. The van der Waals surface area contributed by atoms with Gasteiger partial charge in [-0.2, -0.15) is 0 Å². The van der Waals surface area contributed by atoms with Crippen molar-refractivity contribution in [3.8, 4) is 0 Å². The Hall–Kier alpha value is -0.540. The number of benzene rings is 1. The summed E-state index contributed by atoms with van der Waals surface area (Å²) in [5, 5.41) is 0.188. The van der Waals surface area contributed by atoms with Crippen molar-refractivity contribution in [2.45, 2.75) is 24.3 Å². The van der Waals surface area contributed by atoms with Crippen LogP contribution in [0.5, 0.6) is 0 Å². The van der Waals surface area contributed by atoms with Crippen molar-refractivity contribution in [1.82, 2.24) is 4.72 Å². The molecule has 0 heterocycles. The molecule has 9 heteroatoms. The van der Waals surface area contributed by atoms with E-state index >= 15 is 0 Å². The number of nitrogens with two attached hydrogens (primary N) is 1. The molecule has 1 aromatic carbocycles. The monoisotopic (exact) mass is 368 g/mol. The minimum Gasteiger partial charge on any atom is -0.389 e. The molecule has 1 aromatic rings. The Morgan fingerprint density at radius 3 is 2.62 bits per heavy atom. The molecule has 0 aliphatic rings. The maximum absolute atomic E-state index is 12.2. The fraction of sp³-hybridized carbons (Fsp3) is 0.417. The van der Waals surface area contributed by atoms with Gasteiger partial charge in [-0.25, -0.2) is 13.1 Å². The number of sulfonamides is 1. The molecule has 21 heavy (non-hydrogen) atoms. The second-order valence-corrected chi connectivity index (χ2v) is 8.71. The summed E-state index contributed by atoms with van der Waals surface area (Å²) in [5.74, 6) is 0.435. The lowest BCUT2D eigenvalue weighted by Gasteiger charge is -2.14. The molecule has 0 saturated heterocycles. The van der Waals surface area contributed by atoms with Crippen molar-refractivity contribution in [2.75, 3.05) is 12.0 Å². The Morgan fingerprint density at radius 1 is 1.52 bits per heavy atom. The van der Waals surface area contributed by atoms with Gasteiger partial charge in [-0.1, -0.05) is 23.8 Å². The Morgan fingerprint density at radius 2 is 2.14 bits per heavy atom. The van der Waals surface area contributed by atoms with Gasteiger partial charge in [0.1, 0.15) is 4.99 Å². The Bertz CT molecular complexity index is 662. The molecule has 0 fully saturated rings. The average molecular weight is 369 g/mol. The maximum Gasteiger partial charge on any atom is 0.240 e. The lowest BCUT2D eigenvalue weighted by Crippen LogP contribution is -2.33. The zero-order valence-electron chi connectivity index (χ0n) is 11.6. The Kier molecular flexibility index (Phi) is 6.73. The molecule has 0 aromatic heterocycles. The zero-order valence-corrected chi connectivity index (χ0v) is 14.8. The lowest BCUT2D eigenvalue weighted by atomic mass is 10.2. The Balaban J connectivity index is 2.90. The molecule has 0 spiro atoms. The fourth-order valence-electron chi connectivity index (χ4n) is 1.60. The van der Waals surface area contributed by atoms with Gasteiger partial charge in [0.2, 0.25) is 10.0 Å². The minimum atomic E-state index is -3.69. The predicted octanol–water partition coefficient (Wildman–Crippen LogP) is 1.41. The summed E-state index contributed by atoms with van der Waals surface area (Å²) in [5.41, 5.74) is 5.91. The van der Waals surface area contributed by atoms with Crippen LogP contribution in [0.3, 0.4) is 0 Å². The van der Waals surface area contributed by atoms with E-state index in [-0.39, 0.29) is 20.9 Å². The molecular weight excluding hydrogens is 352 g/mol. The maximum atomic E-state index is 12.2. The highest BCUT2D eigenvalue weighted by Crippen LogP contribution is 2.21. The van der Waals surface area contributed by atoms with Crippen LogP contribution < -0.4 is 10.5 Å². The van der Waals surface area contributed by atoms with Crippen molar-refractivity contribution >= 4 is 49.6 Å². The SMILES string of the molecule is CC(CCS(C)=O)NS(=O)(=O)c1ccc(C(N)=S)c(Cl)c1. The van der Waals surface area contributed by atoms with Crippen LogP contribution in [0.15, 0.2) is 23.1 Å². The van der Waals surface area contributed by atoms with Crippen LogP contribution in [0.4, 0.5) is 0 Å². The van der Waals surface area contributed by atoms with Gasteiger partial charge in [0.05, 0.1) is 9.92 Å². The van der Waals surface area contributed by atoms with E-state index < -0.39 is 20.8 Å². The van der Waals surface area contributed by atoms with E-state index in [4.69, 9.17) is 29.6 Å².